The maximum atomic E-state index is 11.9. The average Bonchev–Trinajstić information content (AvgIpc) is 2.64. The van der Waals surface area contributed by atoms with Gasteiger partial charge in [0.1, 0.15) is 5.82 Å². The lowest BCUT2D eigenvalue weighted by Crippen LogP contribution is -2.32. The number of aliphatic hydroxyl groups excluding tert-OH is 1. The third-order valence-corrected chi connectivity index (χ3v) is 5.90. The molecule has 0 aliphatic carbocycles. The largest absolute Gasteiger partial charge is 0.389 e. The molecule has 6 nitrogen and oxygen atoms in total. The lowest BCUT2D eigenvalue weighted by atomic mass is 10.1. The fourth-order valence-electron chi connectivity index (χ4n) is 2.26. The summed E-state index contributed by atoms with van der Waals surface area (Å²) in [6, 6.07) is 1.54. The number of hydrogen-bond acceptors (Lipinski definition) is 5. The Morgan fingerprint density at radius 2 is 2.29 bits per heavy atom. The van der Waals surface area contributed by atoms with Gasteiger partial charge in [-0.25, -0.2) is 4.79 Å². The van der Waals surface area contributed by atoms with Crippen molar-refractivity contribution < 1.29 is 9.84 Å². The second kappa shape index (κ2) is 6.24. The van der Waals surface area contributed by atoms with Crippen LogP contribution in [0.4, 0.5) is 5.82 Å². The van der Waals surface area contributed by atoms with Crippen molar-refractivity contribution in [2.75, 3.05) is 25.2 Å². The first-order chi connectivity index (χ1) is 9.69. The van der Waals surface area contributed by atoms with E-state index in [1.807, 2.05) is 0 Å². The standard InChI is InChI=1S/C13H21BrN3O3P/c1-21(2,3)7-5-8-11(18)10(14)12(20-8)17-6-4-9(15)16-13(17)19/h4,6,8,10-12,18H,1,5,7H2,2-3H3,(H2,15,16,19)/t8?,10-,11-,12-/m1/s1. The minimum Gasteiger partial charge on any atom is -0.389 e. The van der Waals surface area contributed by atoms with Crippen molar-refractivity contribution in [2.24, 2.45) is 0 Å². The smallest absolute Gasteiger partial charge is 0.351 e. The van der Waals surface area contributed by atoms with Crippen molar-refractivity contribution in [3.63, 3.8) is 0 Å². The molecular formula is C13H21BrN3O3P. The third kappa shape index (κ3) is 3.97. The van der Waals surface area contributed by atoms with Crippen LogP contribution in [0.2, 0.25) is 0 Å². The first-order valence-corrected chi connectivity index (χ1v) is 10.7. The van der Waals surface area contributed by atoms with E-state index in [9.17, 15) is 9.90 Å². The predicted octanol–water partition coefficient (Wildman–Crippen LogP) is 0.947. The average molecular weight is 378 g/mol. The molecule has 21 heavy (non-hydrogen) atoms. The Hall–Kier alpha value is -0.620. The molecule has 0 bridgehead atoms. The van der Waals surface area contributed by atoms with E-state index in [2.05, 4.69) is 40.5 Å². The number of rotatable bonds is 4. The SMILES string of the molecule is C=P(C)(C)CCC1O[C@@H](n2ccc(N)nc2=O)[C@H](Br)[C@@H]1O. The first-order valence-electron chi connectivity index (χ1n) is 6.68. The van der Waals surface area contributed by atoms with E-state index < -0.39 is 24.9 Å². The summed E-state index contributed by atoms with van der Waals surface area (Å²) in [6.45, 7) is 3.11. The summed E-state index contributed by atoms with van der Waals surface area (Å²) >= 11 is 3.42. The zero-order chi connectivity index (χ0) is 15.8. The van der Waals surface area contributed by atoms with Gasteiger partial charge >= 0.3 is 5.69 Å². The van der Waals surface area contributed by atoms with Crippen LogP contribution in [0.15, 0.2) is 17.1 Å². The van der Waals surface area contributed by atoms with E-state index in [4.69, 9.17) is 10.5 Å². The van der Waals surface area contributed by atoms with E-state index >= 15 is 0 Å². The number of hydrogen-bond donors (Lipinski definition) is 2. The minimum absolute atomic E-state index is 0.168. The normalized spacial score (nSPS) is 29.7. The molecular weight excluding hydrogens is 357 g/mol. The molecule has 0 aromatic carbocycles. The van der Waals surface area contributed by atoms with Crippen LogP contribution in [-0.2, 0) is 4.74 Å². The molecule has 0 saturated carbocycles. The third-order valence-electron chi connectivity index (χ3n) is 3.44. The fourth-order valence-corrected chi connectivity index (χ4v) is 3.94. The van der Waals surface area contributed by atoms with Crippen molar-refractivity contribution in [1.29, 1.82) is 0 Å². The lowest BCUT2D eigenvalue weighted by Gasteiger charge is -2.19. The van der Waals surface area contributed by atoms with Crippen molar-refractivity contribution in [2.45, 2.75) is 29.7 Å². The molecule has 1 aliphatic rings. The molecule has 4 atom stereocenters. The predicted molar refractivity (Wildman–Crippen MR) is 90.9 cm³/mol. The first kappa shape index (κ1) is 16.7. The summed E-state index contributed by atoms with van der Waals surface area (Å²) < 4.78 is 7.21. The van der Waals surface area contributed by atoms with E-state index in [1.54, 1.807) is 0 Å². The topological polar surface area (TPSA) is 90.4 Å². The van der Waals surface area contributed by atoms with Gasteiger partial charge in [-0.05, 0) is 32.0 Å². The molecule has 1 fully saturated rings. The fraction of sp³-hybridized carbons (Fsp3) is 0.615. The maximum absolute atomic E-state index is 11.9. The van der Waals surface area contributed by atoms with Gasteiger partial charge in [0.25, 0.3) is 0 Å². The van der Waals surface area contributed by atoms with Crippen molar-refractivity contribution in [1.82, 2.24) is 9.55 Å². The van der Waals surface area contributed by atoms with Crippen LogP contribution in [0.5, 0.6) is 0 Å². The Morgan fingerprint density at radius 3 is 2.86 bits per heavy atom. The van der Waals surface area contributed by atoms with Gasteiger partial charge in [-0.2, -0.15) is 4.98 Å². The Balaban J connectivity index is 2.16. The number of aliphatic hydroxyl groups is 1. The molecule has 2 rings (SSSR count). The molecule has 1 aromatic rings. The van der Waals surface area contributed by atoms with Crippen LogP contribution >= 0.6 is 22.8 Å². The summed E-state index contributed by atoms with van der Waals surface area (Å²) in [7, 11) is 0. The van der Waals surface area contributed by atoms with Crippen LogP contribution in [0.3, 0.4) is 0 Å². The molecule has 3 N–H and O–H groups in total. The Morgan fingerprint density at radius 1 is 1.62 bits per heavy atom. The summed E-state index contributed by atoms with van der Waals surface area (Å²) in [5.41, 5.74) is 5.00. The van der Waals surface area contributed by atoms with Crippen LogP contribution < -0.4 is 11.4 Å². The molecule has 8 heteroatoms. The quantitative estimate of drug-likeness (QED) is 0.602. The number of aromatic nitrogens is 2. The second-order valence-corrected chi connectivity index (χ2v) is 11.4. The van der Waals surface area contributed by atoms with E-state index in [0.717, 1.165) is 12.6 Å². The number of halogens is 1. The minimum atomic E-state index is -1.18. The van der Waals surface area contributed by atoms with Crippen molar-refractivity contribution in [3.05, 3.63) is 22.7 Å². The van der Waals surface area contributed by atoms with Crippen LogP contribution in [-0.4, -0.2) is 57.5 Å². The molecule has 1 aromatic heterocycles. The Kier molecular flexibility index (Phi) is 4.98. The van der Waals surface area contributed by atoms with E-state index in [1.165, 1.54) is 16.8 Å². The lowest BCUT2D eigenvalue weighted by molar-refractivity contribution is -0.0207. The second-order valence-electron chi connectivity index (χ2n) is 5.99. The molecule has 2 heterocycles. The van der Waals surface area contributed by atoms with Gasteiger partial charge in [0.05, 0.1) is 17.0 Å². The highest BCUT2D eigenvalue weighted by molar-refractivity contribution is 9.09. The molecule has 0 amide bonds. The molecule has 1 unspecified atom stereocenters. The highest BCUT2D eigenvalue weighted by Crippen LogP contribution is 2.40. The van der Waals surface area contributed by atoms with Crippen molar-refractivity contribution >= 4 is 34.9 Å². The zero-order valence-corrected chi connectivity index (χ0v) is 14.6. The number of nitrogen functional groups attached to an aromatic ring is 1. The van der Waals surface area contributed by atoms with Gasteiger partial charge in [-0.15, -0.1) is 13.2 Å². The van der Waals surface area contributed by atoms with Gasteiger partial charge < -0.3 is 15.6 Å². The Bertz CT molecular complexity index is 615. The maximum Gasteiger partial charge on any atom is 0.351 e. The van der Waals surface area contributed by atoms with Gasteiger partial charge in [0.15, 0.2) is 6.23 Å². The summed E-state index contributed by atoms with van der Waals surface area (Å²) in [4.78, 5) is 15.2. The van der Waals surface area contributed by atoms with Crippen LogP contribution in [0.1, 0.15) is 12.6 Å². The number of nitrogens with two attached hydrogens (primary N) is 1. The molecule has 0 radical (unpaired) electrons. The number of anilines is 1. The van der Waals surface area contributed by atoms with Gasteiger partial charge in [-0.1, -0.05) is 15.9 Å². The van der Waals surface area contributed by atoms with Gasteiger partial charge in [0.2, 0.25) is 0 Å². The van der Waals surface area contributed by atoms with Gasteiger partial charge in [-0.3, -0.25) is 4.57 Å². The Labute approximate surface area is 132 Å². The number of alkyl halides is 1. The van der Waals surface area contributed by atoms with E-state index in [-0.39, 0.29) is 16.7 Å². The summed E-state index contributed by atoms with van der Waals surface area (Å²) in [6.07, 6.45) is 5.77. The molecule has 0 spiro atoms. The highest BCUT2D eigenvalue weighted by atomic mass is 79.9. The van der Waals surface area contributed by atoms with E-state index in [0.29, 0.717) is 0 Å². The molecule has 118 valence electrons. The van der Waals surface area contributed by atoms with Crippen LogP contribution in [0, 0.1) is 0 Å². The molecule has 1 aliphatic heterocycles. The molecule has 1 saturated heterocycles. The monoisotopic (exact) mass is 377 g/mol. The highest BCUT2D eigenvalue weighted by Gasteiger charge is 2.43. The van der Waals surface area contributed by atoms with Gasteiger partial charge in [0, 0.05) is 6.20 Å². The zero-order valence-electron chi connectivity index (χ0n) is 12.1. The number of ether oxygens (including phenoxy) is 1. The number of nitrogens with zero attached hydrogens (tertiary/aromatic N) is 2. The summed E-state index contributed by atoms with van der Waals surface area (Å²) in [5, 5.41) is 10.3. The van der Waals surface area contributed by atoms with Crippen LogP contribution in [0.25, 0.3) is 0 Å². The van der Waals surface area contributed by atoms with Crippen molar-refractivity contribution in [3.8, 4) is 0 Å². The summed E-state index contributed by atoms with van der Waals surface area (Å²) in [5.74, 6) is 0.168.